The largest absolute Gasteiger partial charge is 0.385 e. The molecule has 2 aromatic rings. The summed E-state index contributed by atoms with van der Waals surface area (Å²) in [4.78, 5) is 4.72. The molecule has 1 N–H and O–H groups in total. The van der Waals surface area contributed by atoms with E-state index < -0.39 is 0 Å². The molecule has 0 spiro atoms. The molecule has 0 bridgehead atoms. The minimum atomic E-state index is 0.450. The van der Waals surface area contributed by atoms with Crippen LogP contribution in [0.2, 0.25) is 0 Å². The molecule has 1 atom stereocenters. The van der Waals surface area contributed by atoms with Crippen molar-refractivity contribution in [3.63, 3.8) is 0 Å². The summed E-state index contributed by atoms with van der Waals surface area (Å²) in [6, 6.07) is 8.73. The van der Waals surface area contributed by atoms with E-state index >= 15 is 0 Å². The Kier molecular flexibility index (Phi) is 4.93. The summed E-state index contributed by atoms with van der Waals surface area (Å²) in [5.74, 6) is 1.14. The molecule has 0 saturated carbocycles. The van der Waals surface area contributed by atoms with Crippen molar-refractivity contribution in [1.29, 1.82) is 0 Å². The smallest absolute Gasteiger partial charge is 0.111 e. The molecule has 19 heavy (non-hydrogen) atoms. The van der Waals surface area contributed by atoms with Gasteiger partial charge in [-0.05, 0) is 32.0 Å². The average Bonchev–Trinajstić information content (AvgIpc) is 2.75. The quantitative estimate of drug-likeness (QED) is 0.776. The molecule has 104 valence electrons. The number of ether oxygens (including phenoxy) is 1. The van der Waals surface area contributed by atoms with Crippen molar-refractivity contribution in [3.8, 4) is 0 Å². The number of imidazole rings is 1. The molecular formula is C15H23N3O. The Hall–Kier alpha value is -1.39. The van der Waals surface area contributed by atoms with E-state index in [1.807, 2.05) is 13.1 Å². The first-order chi connectivity index (χ1) is 9.26. The second kappa shape index (κ2) is 6.68. The van der Waals surface area contributed by atoms with Crippen LogP contribution in [0.1, 0.15) is 18.7 Å². The monoisotopic (exact) mass is 261 g/mol. The van der Waals surface area contributed by atoms with Gasteiger partial charge in [-0.2, -0.15) is 0 Å². The average molecular weight is 261 g/mol. The van der Waals surface area contributed by atoms with E-state index in [1.54, 1.807) is 7.11 Å². The van der Waals surface area contributed by atoms with Crippen molar-refractivity contribution in [1.82, 2.24) is 14.9 Å². The maximum Gasteiger partial charge on any atom is 0.111 e. The predicted octanol–water partition coefficient (Wildman–Crippen LogP) is 2.13. The maximum absolute atomic E-state index is 5.11. The summed E-state index contributed by atoms with van der Waals surface area (Å²) in [5.41, 5.74) is 2.27. The van der Waals surface area contributed by atoms with Gasteiger partial charge in [-0.15, -0.1) is 0 Å². The van der Waals surface area contributed by atoms with Gasteiger partial charge in [-0.25, -0.2) is 4.98 Å². The maximum atomic E-state index is 5.11. The van der Waals surface area contributed by atoms with Gasteiger partial charge >= 0.3 is 0 Å². The zero-order chi connectivity index (χ0) is 13.7. The van der Waals surface area contributed by atoms with Crippen LogP contribution in [0, 0.1) is 0 Å². The second-order valence-electron chi connectivity index (χ2n) is 4.90. The lowest BCUT2D eigenvalue weighted by Crippen LogP contribution is -2.29. The Morgan fingerprint density at radius 3 is 2.84 bits per heavy atom. The number of aryl methyl sites for hydroxylation is 1. The van der Waals surface area contributed by atoms with Crippen LogP contribution in [0.15, 0.2) is 24.3 Å². The van der Waals surface area contributed by atoms with Gasteiger partial charge < -0.3 is 14.6 Å². The number of hydrogen-bond acceptors (Lipinski definition) is 3. The Labute approximate surface area is 114 Å². The molecule has 1 aromatic carbocycles. The van der Waals surface area contributed by atoms with Gasteiger partial charge in [0.25, 0.3) is 0 Å². The number of fused-ring (bicyclic) bond motifs is 1. The van der Waals surface area contributed by atoms with E-state index in [0.29, 0.717) is 6.04 Å². The van der Waals surface area contributed by atoms with Crippen molar-refractivity contribution in [2.24, 2.45) is 7.05 Å². The van der Waals surface area contributed by atoms with E-state index in [4.69, 9.17) is 9.72 Å². The summed E-state index contributed by atoms with van der Waals surface area (Å²) in [7, 11) is 5.85. The topological polar surface area (TPSA) is 39.1 Å². The fourth-order valence-electron chi connectivity index (χ4n) is 2.42. The van der Waals surface area contributed by atoms with Crippen LogP contribution >= 0.6 is 0 Å². The Morgan fingerprint density at radius 1 is 1.37 bits per heavy atom. The molecule has 0 aliphatic carbocycles. The third-order valence-corrected chi connectivity index (χ3v) is 3.62. The van der Waals surface area contributed by atoms with Crippen LogP contribution in [0.3, 0.4) is 0 Å². The predicted molar refractivity (Wildman–Crippen MR) is 78.4 cm³/mol. The Bertz CT molecular complexity index is 521. The van der Waals surface area contributed by atoms with Gasteiger partial charge in [0.05, 0.1) is 11.0 Å². The van der Waals surface area contributed by atoms with Gasteiger partial charge in [-0.3, -0.25) is 0 Å². The third kappa shape index (κ3) is 3.33. The molecular weight excluding hydrogens is 238 g/mol. The van der Waals surface area contributed by atoms with Crippen molar-refractivity contribution in [2.45, 2.75) is 25.3 Å². The molecule has 1 aromatic heterocycles. The molecule has 2 rings (SSSR count). The summed E-state index contributed by atoms with van der Waals surface area (Å²) < 4.78 is 7.30. The number of benzene rings is 1. The highest BCUT2D eigenvalue weighted by molar-refractivity contribution is 5.75. The second-order valence-corrected chi connectivity index (χ2v) is 4.90. The number of likely N-dealkylation sites (N-methyl/N-ethyl adjacent to an activating group) is 1. The molecule has 0 saturated heterocycles. The highest BCUT2D eigenvalue weighted by Crippen LogP contribution is 2.16. The fourth-order valence-corrected chi connectivity index (χ4v) is 2.42. The SMILES string of the molecule is CNC(CCCOC)Cc1nc2ccccc2n1C. The van der Waals surface area contributed by atoms with Crippen molar-refractivity contribution < 1.29 is 4.74 Å². The van der Waals surface area contributed by atoms with E-state index in [9.17, 15) is 0 Å². The molecule has 0 aliphatic rings. The lowest BCUT2D eigenvalue weighted by molar-refractivity contribution is 0.189. The molecule has 4 nitrogen and oxygen atoms in total. The number of rotatable bonds is 7. The van der Waals surface area contributed by atoms with Crippen molar-refractivity contribution in [3.05, 3.63) is 30.1 Å². The zero-order valence-electron chi connectivity index (χ0n) is 12.0. The summed E-state index contributed by atoms with van der Waals surface area (Å²) in [6.45, 7) is 0.820. The lowest BCUT2D eigenvalue weighted by atomic mass is 10.1. The number of aromatic nitrogens is 2. The van der Waals surface area contributed by atoms with Crippen molar-refractivity contribution in [2.75, 3.05) is 20.8 Å². The fraction of sp³-hybridized carbons (Fsp3) is 0.533. The molecule has 1 heterocycles. The first kappa shape index (κ1) is 14.0. The van der Waals surface area contributed by atoms with Gasteiger partial charge in [0, 0.05) is 33.2 Å². The summed E-state index contributed by atoms with van der Waals surface area (Å²) in [5, 5.41) is 3.37. The van der Waals surface area contributed by atoms with Gasteiger partial charge in [0.2, 0.25) is 0 Å². The molecule has 0 amide bonds. The van der Waals surface area contributed by atoms with E-state index in [0.717, 1.165) is 37.2 Å². The minimum absolute atomic E-state index is 0.450. The molecule has 4 heteroatoms. The van der Waals surface area contributed by atoms with E-state index in [1.165, 1.54) is 5.52 Å². The molecule has 0 aliphatic heterocycles. The van der Waals surface area contributed by atoms with Crippen LogP contribution in [-0.2, 0) is 18.2 Å². The molecule has 0 radical (unpaired) electrons. The third-order valence-electron chi connectivity index (χ3n) is 3.62. The Morgan fingerprint density at radius 2 is 2.16 bits per heavy atom. The highest BCUT2D eigenvalue weighted by atomic mass is 16.5. The van der Waals surface area contributed by atoms with Crippen LogP contribution in [0.5, 0.6) is 0 Å². The zero-order valence-corrected chi connectivity index (χ0v) is 12.0. The van der Waals surface area contributed by atoms with E-state index in [2.05, 4.69) is 35.1 Å². The van der Waals surface area contributed by atoms with Crippen LogP contribution in [-0.4, -0.2) is 36.4 Å². The summed E-state index contributed by atoms with van der Waals surface area (Å²) in [6.07, 6.45) is 3.13. The number of para-hydroxylation sites is 2. The van der Waals surface area contributed by atoms with Gasteiger partial charge in [0.1, 0.15) is 5.82 Å². The highest BCUT2D eigenvalue weighted by Gasteiger charge is 2.12. The van der Waals surface area contributed by atoms with Crippen molar-refractivity contribution >= 4 is 11.0 Å². The first-order valence-electron chi connectivity index (χ1n) is 6.82. The first-order valence-corrected chi connectivity index (χ1v) is 6.82. The molecule has 1 unspecified atom stereocenters. The number of nitrogens with one attached hydrogen (secondary N) is 1. The van der Waals surface area contributed by atoms with Crippen LogP contribution < -0.4 is 5.32 Å². The molecule has 0 fully saturated rings. The Balaban J connectivity index is 2.08. The summed E-state index contributed by atoms with van der Waals surface area (Å²) >= 11 is 0. The standard InChI is InChI=1S/C15H23N3O/c1-16-12(7-6-10-19-3)11-15-17-13-8-4-5-9-14(13)18(15)2/h4-5,8-9,12,16H,6-7,10-11H2,1-3H3. The lowest BCUT2D eigenvalue weighted by Gasteiger charge is -2.15. The number of hydrogen-bond donors (Lipinski definition) is 1. The number of nitrogens with zero attached hydrogens (tertiary/aromatic N) is 2. The van der Waals surface area contributed by atoms with Gasteiger partial charge in [-0.1, -0.05) is 12.1 Å². The van der Waals surface area contributed by atoms with Crippen LogP contribution in [0.25, 0.3) is 11.0 Å². The number of methoxy groups -OCH3 is 1. The normalized spacial score (nSPS) is 13.0. The van der Waals surface area contributed by atoms with Crippen LogP contribution in [0.4, 0.5) is 0 Å². The van der Waals surface area contributed by atoms with Gasteiger partial charge in [0.15, 0.2) is 0 Å². The minimum Gasteiger partial charge on any atom is -0.385 e. The van der Waals surface area contributed by atoms with E-state index in [-0.39, 0.29) is 0 Å².